The number of carboxylic acids is 1. The number of aliphatic hydroxyl groups is 1. The first-order chi connectivity index (χ1) is 6.74. The molecule has 0 amide bonds. The van der Waals surface area contributed by atoms with Gasteiger partial charge in [0, 0.05) is 18.5 Å². The molecular formula is C8H12N2O3S. The molecule has 0 saturated carbocycles. The van der Waals surface area contributed by atoms with Crippen LogP contribution in [0.1, 0.15) is 21.9 Å². The number of carboxylic acid groups (broad SMARTS) is 1. The fourth-order valence-corrected chi connectivity index (χ4v) is 1.56. The molecule has 6 heteroatoms. The van der Waals surface area contributed by atoms with E-state index in [0.29, 0.717) is 19.5 Å². The molecule has 0 aromatic carbocycles. The van der Waals surface area contributed by atoms with Gasteiger partial charge in [-0.1, -0.05) is 0 Å². The normalized spacial score (nSPS) is 10.4. The van der Waals surface area contributed by atoms with Gasteiger partial charge in [-0.3, -0.25) is 0 Å². The van der Waals surface area contributed by atoms with Gasteiger partial charge in [-0.2, -0.15) is 0 Å². The Morgan fingerprint density at radius 1 is 1.64 bits per heavy atom. The van der Waals surface area contributed by atoms with Gasteiger partial charge in [0.25, 0.3) is 0 Å². The number of hydrogen-bond acceptors (Lipinski definition) is 5. The van der Waals surface area contributed by atoms with Crippen molar-refractivity contribution in [3.8, 4) is 0 Å². The average Bonchev–Trinajstić information content (AvgIpc) is 2.61. The Kier molecular flexibility index (Phi) is 4.51. The van der Waals surface area contributed by atoms with Gasteiger partial charge < -0.3 is 15.5 Å². The van der Waals surface area contributed by atoms with Gasteiger partial charge in [-0.25, -0.2) is 9.78 Å². The minimum atomic E-state index is -0.989. The van der Waals surface area contributed by atoms with Crippen LogP contribution in [0.4, 0.5) is 0 Å². The van der Waals surface area contributed by atoms with Crippen LogP contribution in [0, 0.1) is 0 Å². The van der Waals surface area contributed by atoms with Gasteiger partial charge >= 0.3 is 5.97 Å². The van der Waals surface area contributed by atoms with Crippen LogP contribution in [0.3, 0.4) is 0 Å². The van der Waals surface area contributed by atoms with Crippen molar-refractivity contribution in [1.82, 2.24) is 10.3 Å². The van der Waals surface area contributed by atoms with Crippen LogP contribution >= 0.6 is 11.3 Å². The molecule has 1 heterocycles. The summed E-state index contributed by atoms with van der Waals surface area (Å²) in [5, 5.41) is 22.0. The summed E-state index contributed by atoms with van der Waals surface area (Å²) in [6.07, 6.45) is 0.690. The third-order valence-corrected chi connectivity index (χ3v) is 2.43. The van der Waals surface area contributed by atoms with Gasteiger partial charge in [0.15, 0.2) is 0 Å². The SMILES string of the molecule is O=C(O)c1nc(CNCCCO)cs1. The van der Waals surface area contributed by atoms with E-state index in [9.17, 15) is 4.79 Å². The standard InChI is InChI=1S/C8H12N2O3S/c11-3-1-2-9-4-6-5-14-7(10-6)8(12)13/h5,9,11H,1-4H2,(H,12,13). The first-order valence-electron chi connectivity index (χ1n) is 4.23. The van der Waals surface area contributed by atoms with Gasteiger partial charge in [0.1, 0.15) is 0 Å². The third kappa shape index (κ3) is 3.41. The van der Waals surface area contributed by atoms with Crippen molar-refractivity contribution in [1.29, 1.82) is 0 Å². The number of aromatic nitrogens is 1. The van der Waals surface area contributed by atoms with Crippen LogP contribution in [0.25, 0.3) is 0 Å². The second-order valence-electron chi connectivity index (χ2n) is 2.70. The highest BCUT2D eigenvalue weighted by Gasteiger charge is 2.07. The maximum absolute atomic E-state index is 10.5. The van der Waals surface area contributed by atoms with Crippen molar-refractivity contribution in [2.75, 3.05) is 13.2 Å². The lowest BCUT2D eigenvalue weighted by Crippen LogP contribution is -2.16. The zero-order valence-corrected chi connectivity index (χ0v) is 8.38. The quantitative estimate of drug-likeness (QED) is 0.596. The number of rotatable bonds is 6. The predicted molar refractivity (Wildman–Crippen MR) is 52.5 cm³/mol. The highest BCUT2D eigenvalue weighted by atomic mass is 32.1. The Bertz CT molecular complexity index is 301. The first kappa shape index (κ1) is 11.1. The Hall–Kier alpha value is -0.980. The number of aromatic carboxylic acids is 1. The Labute approximate surface area is 85.4 Å². The Morgan fingerprint density at radius 3 is 3.00 bits per heavy atom. The lowest BCUT2D eigenvalue weighted by atomic mass is 10.4. The molecule has 0 atom stereocenters. The van der Waals surface area contributed by atoms with Crippen LogP contribution in [0.15, 0.2) is 5.38 Å². The lowest BCUT2D eigenvalue weighted by molar-refractivity contribution is 0.0696. The zero-order valence-electron chi connectivity index (χ0n) is 7.56. The third-order valence-electron chi connectivity index (χ3n) is 1.55. The molecule has 1 aromatic heterocycles. The van der Waals surface area contributed by atoms with E-state index in [1.165, 1.54) is 0 Å². The number of aliphatic hydroxyl groups excluding tert-OH is 1. The van der Waals surface area contributed by atoms with Gasteiger partial charge in [0.05, 0.1) is 5.69 Å². The lowest BCUT2D eigenvalue weighted by Gasteiger charge is -1.99. The topological polar surface area (TPSA) is 82.5 Å². The van der Waals surface area contributed by atoms with E-state index in [0.717, 1.165) is 17.0 Å². The fourth-order valence-electron chi connectivity index (χ4n) is 0.907. The average molecular weight is 216 g/mol. The van der Waals surface area contributed by atoms with Crippen molar-refractivity contribution >= 4 is 17.3 Å². The molecule has 0 aliphatic rings. The summed E-state index contributed by atoms with van der Waals surface area (Å²) in [5.74, 6) is -0.989. The second kappa shape index (κ2) is 5.69. The molecule has 0 spiro atoms. The molecular weight excluding hydrogens is 204 g/mol. The van der Waals surface area contributed by atoms with E-state index < -0.39 is 5.97 Å². The summed E-state index contributed by atoms with van der Waals surface area (Å²) < 4.78 is 0. The summed E-state index contributed by atoms with van der Waals surface area (Å²) >= 11 is 1.12. The Morgan fingerprint density at radius 2 is 2.43 bits per heavy atom. The van der Waals surface area contributed by atoms with Crippen LogP contribution < -0.4 is 5.32 Å². The first-order valence-corrected chi connectivity index (χ1v) is 5.11. The van der Waals surface area contributed by atoms with E-state index in [4.69, 9.17) is 10.2 Å². The van der Waals surface area contributed by atoms with E-state index in [1.54, 1.807) is 5.38 Å². The highest BCUT2D eigenvalue weighted by molar-refractivity contribution is 7.11. The zero-order chi connectivity index (χ0) is 10.4. The van der Waals surface area contributed by atoms with E-state index in [2.05, 4.69) is 10.3 Å². The number of nitrogens with zero attached hydrogens (tertiary/aromatic N) is 1. The summed E-state index contributed by atoms with van der Waals surface area (Å²) in [6, 6.07) is 0. The molecule has 14 heavy (non-hydrogen) atoms. The maximum atomic E-state index is 10.5. The molecule has 1 rings (SSSR count). The summed E-state index contributed by atoms with van der Waals surface area (Å²) in [6.45, 7) is 1.41. The molecule has 5 nitrogen and oxygen atoms in total. The van der Waals surface area contributed by atoms with Crippen LogP contribution in [0.5, 0.6) is 0 Å². The summed E-state index contributed by atoms with van der Waals surface area (Å²) in [4.78, 5) is 14.4. The molecule has 0 bridgehead atoms. The molecule has 3 N–H and O–H groups in total. The molecule has 78 valence electrons. The fraction of sp³-hybridized carbons (Fsp3) is 0.500. The monoisotopic (exact) mass is 216 g/mol. The number of thiazole rings is 1. The summed E-state index contributed by atoms with van der Waals surface area (Å²) in [5.41, 5.74) is 0.727. The smallest absolute Gasteiger partial charge is 0.365 e. The van der Waals surface area contributed by atoms with Crippen molar-refractivity contribution in [2.24, 2.45) is 0 Å². The number of nitrogens with one attached hydrogen (secondary N) is 1. The van der Waals surface area contributed by atoms with Crippen LogP contribution in [-0.2, 0) is 6.54 Å². The van der Waals surface area contributed by atoms with E-state index in [1.807, 2.05) is 0 Å². The molecule has 0 saturated heterocycles. The largest absolute Gasteiger partial charge is 0.476 e. The molecule has 0 aliphatic carbocycles. The van der Waals surface area contributed by atoms with Gasteiger partial charge in [0.2, 0.25) is 5.01 Å². The van der Waals surface area contributed by atoms with E-state index in [-0.39, 0.29) is 11.6 Å². The van der Waals surface area contributed by atoms with Crippen molar-refractivity contribution in [2.45, 2.75) is 13.0 Å². The number of carbonyl (C=O) groups is 1. The minimum absolute atomic E-state index is 0.115. The number of hydrogen-bond donors (Lipinski definition) is 3. The van der Waals surface area contributed by atoms with Gasteiger partial charge in [-0.15, -0.1) is 11.3 Å². The molecule has 0 aliphatic heterocycles. The van der Waals surface area contributed by atoms with E-state index >= 15 is 0 Å². The predicted octanol–water partition coefficient (Wildman–Crippen LogP) is 0.313. The van der Waals surface area contributed by atoms with Crippen molar-refractivity contribution < 1.29 is 15.0 Å². The minimum Gasteiger partial charge on any atom is -0.476 e. The highest BCUT2D eigenvalue weighted by Crippen LogP contribution is 2.08. The Balaban J connectivity index is 2.33. The van der Waals surface area contributed by atoms with Crippen LogP contribution in [0.2, 0.25) is 0 Å². The maximum Gasteiger partial charge on any atom is 0.365 e. The van der Waals surface area contributed by atoms with Crippen molar-refractivity contribution in [3.05, 3.63) is 16.1 Å². The van der Waals surface area contributed by atoms with Crippen LogP contribution in [-0.4, -0.2) is 34.3 Å². The molecule has 0 fully saturated rings. The molecule has 0 unspecified atom stereocenters. The summed E-state index contributed by atoms with van der Waals surface area (Å²) in [7, 11) is 0. The van der Waals surface area contributed by atoms with Gasteiger partial charge in [-0.05, 0) is 13.0 Å². The second-order valence-corrected chi connectivity index (χ2v) is 3.56. The molecule has 0 radical (unpaired) electrons. The van der Waals surface area contributed by atoms with Crippen molar-refractivity contribution in [3.63, 3.8) is 0 Å². The molecule has 1 aromatic rings.